The number of nitrogens with zero attached hydrogens (tertiary/aromatic N) is 3. The Morgan fingerprint density at radius 3 is 2.47 bits per heavy atom. The molecule has 0 aliphatic carbocycles. The number of benzene rings is 3. The number of thioether (sulfide) groups is 1. The van der Waals surface area contributed by atoms with Crippen molar-refractivity contribution < 1.29 is 9.53 Å². The van der Waals surface area contributed by atoms with Crippen molar-refractivity contribution in [2.45, 2.75) is 31.3 Å². The molecule has 0 spiro atoms. The minimum absolute atomic E-state index is 0.178. The van der Waals surface area contributed by atoms with Crippen LogP contribution in [0.15, 0.2) is 76.4 Å². The fourth-order valence-corrected chi connectivity index (χ4v) is 4.63. The number of hydrogen-bond acceptors (Lipinski definition) is 5. The molecule has 34 heavy (non-hydrogen) atoms. The van der Waals surface area contributed by atoms with Crippen LogP contribution in [0.2, 0.25) is 0 Å². The second kappa shape index (κ2) is 10.9. The minimum Gasteiger partial charge on any atom is -0.497 e. The number of aromatic nitrogens is 3. The van der Waals surface area contributed by atoms with Crippen LogP contribution in [0, 0.1) is 13.8 Å². The highest BCUT2D eigenvalue weighted by Gasteiger charge is 2.17. The monoisotopic (exact) mass is 536 g/mol. The van der Waals surface area contributed by atoms with E-state index in [1.165, 1.54) is 5.56 Å². The van der Waals surface area contributed by atoms with Crippen molar-refractivity contribution in [3.05, 3.63) is 99.3 Å². The Hall–Kier alpha value is -3.10. The average Bonchev–Trinajstić information content (AvgIpc) is 3.26. The van der Waals surface area contributed by atoms with Gasteiger partial charge in [-0.3, -0.25) is 9.36 Å². The summed E-state index contributed by atoms with van der Waals surface area (Å²) in [4.78, 5) is 12.7. The average molecular weight is 537 g/mol. The van der Waals surface area contributed by atoms with E-state index in [2.05, 4.69) is 75.6 Å². The first-order valence-electron chi connectivity index (χ1n) is 10.8. The first-order valence-corrected chi connectivity index (χ1v) is 12.5. The normalized spacial score (nSPS) is 10.8. The molecule has 0 bridgehead atoms. The number of methoxy groups -OCH3 is 1. The van der Waals surface area contributed by atoms with Crippen molar-refractivity contribution in [3.63, 3.8) is 0 Å². The van der Waals surface area contributed by atoms with Crippen LogP contribution in [0.4, 0.5) is 0 Å². The molecule has 0 radical (unpaired) electrons. The zero-order chi connectivity index (χ0) is 24.1. The number of halogens is 1. The summed E-state index contributed by atoms with van der Waals surface area (Å²) in [6, 6.07) is 21.6. The third-order valence-corrected chi connectivity index (χ3v) is 6.88. The minimum atomic E-state index is -0.178. The number of carbonyl (C=O) groups is 1. The Labute approximate surface area is 211 Å². The van der Waals surface area contributed by atoms with Gasteiger partial charge in [-0.05, 0) is 73.0 Å². The Morgan fingerprint density at radius 2 is 1.76 bits per heavy atom. The molecular formula is C26H25BrN4O2S. The molecule has 6 nitrogen and oxygen atoms in total. The van der Waals surface area contributed by atoms with Gasteiger partial charge in [-0.15, -0.1) is 10.2 Å². The van der Waals surface area contributed by atoms with Gasteiger partial charge in [0.25, 0.3) is 5.91 Å². The molecule has 0 aliphatic heterocycles. The van der Waals surface area contributed by atoms with Crippen molar-refractivity contribution >= 4 is 33.6 Å². The molecule has 0 aliphatic rings. The van der Waals surface area contributed by atoms with Gasteiger partial charge in [-0.25, -0.2) is 0 Å². The fourth-order valence-electron chi connectivity index (χ4n) is 3.44. The van der Waals surface area contributed by atoms with Crippen LogP contribution in [0.5, 0.6) is 5.75 Å². The van der Waals surface area contributed by atoms with Crippen LogP contribution in [0.3, 0.4) is 0 Å². The zero-order valence-electron chi connectivity index (χ0n) is 19.2. The predicted octanol–water partition coefficient (Wildman–Crippen LogP) is 5.88. The van der Waals surface area contributed by atoms with Crippen molar-refractivity contribution in [1.82, 2.24) is 20.1 Å². The summed E-state index contributed by atoms with van der Waals surface area (Å²) in [5.74, 6) is 1.96. The van der Waals surface area contributed by atoms with Crippen LogP contribution < -0.4 is 10.1 Å². The van der Waals surface area contributed by atoms with E-state index in [-0.39, 0.29) is 12.5 Å². The van der Waals surface area contributed by atoms with Gasteiger partial charge < -0.3 is 10.1 Å². The van der Waals surface area contributed by atoms with Gasteiger partial charge >= 0.3 is 0 Å². The maximum Gasteiger partial charge on any atom is 0.251 e. The van der Waals surface area contributed by atoms with E-state index in [0.717, 1.165) is 32.2 Å². The summed E-state index contributed by atoms with van der Waals surface area (Å²) < 4.78 is 8.26. The maximum atomic E-state index is 12.7. The van der Waals surface area contributed by atoms with E-state index in [1.54, 1.807) is 43.1 Å². The highest BCUT2D eigenvalue weighted by molar-refractivity contribution is 9.10. The molecule has 0 unspecified atom stereocenters. The Balaban J connectivity index is 1.59. The van der Waals surface area contributed by atoms with Crippen LogP contribution >= 0.6 is 27.7 Å². The van der Waals surface area contributed by atoms with Crippen molar-refractivity contribution in [3.8, 4) is 11.4 Å². The van der Waals surface area contributed by atoms with Gasteiger partial charge in [0.15, 0.2) is 11.0 Å². The summed E-state index contributed by atoms with van der Waals surface area (Å²) >= 11 is 5.10. The molecular weight excluding hydrogens is 512 g/mol. The second-order valence-electron chi connectivity index (χ2n) is 7.85. The molecule has 0 saturated carbocycles. The Morgan fingerprint density at radius 1 is 1.03 bits per heavy atom. The summed E-state index contributed by atoms with van der Waals surface area (Å²) in [6.45, 7) is 4.38. The first kappa shape index (κ1) is 24.0. The van der Waals surface area contributed by atoms with Crippen molar-refractivity contribution in [1.29, 1.82) is 0 Å². The van der Waals surface area contributed by atoms with E-state index in [4.69, 9.17) is 4.74 Å². The third kappa shape index (κ3) is 5.69. The highest BCUT2D eigenvalue weighted by Crippen LogP contribution is 2.28. The summed E-state index contributed by atoms with van der Waals surface area (Å²) in [5.41, 5.74) is 5.02. The van der Waals surface area contributed by atoms with Gasteiger partial charge in [-0.2, -0.15) is 0 Å². The van der Waals surface area contributed by atoms with E-state index in [0.29, 0.717) is 17.1 Å². The molecule has 1 N–H and O–H groups in total. The molecule has 1 aromatic heterocycles. The number of amides is 1. The molecule has 8 heteroatoms. The predicted molar refractivity (Wildman–Crippen MR) is 139 cm³/mol. The number of hydrogen-bond donors (Lipinski definition) is 1. The van der Waals surface area contributed by atoms with Crippen LogP contribution in [0.1, 0.15) is 32.9 Å². The Bertz CT molecular complexity index is 1290. The molecule has 0 saturated heterocycles. The summed E-state index contributed by atoms with van der Waals surface area (Å²) in [7, 11) is 1.60. The molecule has 4 rings (SSSR count). The second-order valence-corrected chi connectivity index (χ2v) is 9.71. The van der Waals surface area contributed by atoms with E-state index >= 15 is 0 Å². The SMILES string of the molecule is COc1ccc(C(=O)NCc2nnc(SCc3ccc(Br)cc3)n2-c2cc(C)ccc2C)cc1. The van der Waals surface area contributed by atoms with Gasteiger partial charge in [0.05, 0.1) is 19.3 Å². The zero-order valence-corrected chi connectivity index (χ0v) is 21.6. The number of rotatable bonds is 8. The van der Waals surface area contributed by atoms with E-state index in [9.17, 15) is 4.79 Å². The van der Waals surface area contributed by atoms with Gasteiger partial charge in [-0.1, -0.05) is 52.0 Å². The van der Waals surface area contributed by atoms with E-state index < -0.39 is 0 Å². The number of carbonyl (C=O) groups excluding carboxylic acids is 1. The van der Waals surface area contributed by atoms with Crippen molar-refractivity contribution in [2.24, 2.45) is 0 Å². The first-order chi connectivity index (χ1) is 16.4. The third-order valence-electron chi connectivity index (χ3n) is 5.35. The molecule has 3 aromatic carbocycles. The standard InChI is InChI=1S/C26H25BrN4O2S/c1-17-4-5-18(2)23(14-17)31-24(15-28-25(32)20-8-12-22(33-3)13-9-20)29-30-26(31)34-16-19-6-10-21(27)11-7-19/h4-14H,15-16H2,1-3H3,(H,28,32). The van der Waals surface area contributed by atoms with Gasteiger partial charge in [0, 0.05) is 15.8 Å². The fraction of sp³-hybridized carbons (Fsp3) is 0.192. The lowest BCUT2D eigenvalue weighted by Gasteiger charge is -2.14. The summed E-state index contributed by atoms with van der Waals surface area (Å²) in [5, 5.41) is 12.7. The largest absolute Gasteiger partial charge is 0.497 e. The smallest absolute Gasteiger partial charge is 0.251 e. The van der Waals surface area contributed by atoms with Crippen molar-refractivity contribution in [2.75, 3.05) is 7.11 Å². The lowest BCUT2D eigenvalue weighted by molar-refractivity contribution is 0.0949. The maximum absolute atomic E-state index is 12.7. The number of nitrogens with one attached hydrogen (secondary N) is 1. The molecule has 0 atom stereocenters. The molecule has 1 amide bonds. The topological polar surface area (TPSA) is 69.0 Å². The van der Waals surface area contributed by atoms with E-state index in [1.807, 2.05) is 16.7 Å². The van der Waals surface area contributed by atoms with Crippen LogP contribution in [0.25, 0.3) is 5.69 Å². The summed E-state index contributed by atoms with van der Waals surface area (Å²) in [6.07, 6.45) is 0. The van der Waals surface area contributed by atoms with Crippen LogP contribution in [-0.2, 0) is 12.3 Å². The molecule has 0 fully saturated rings. The Kier molecular flexibility index (Phi) is 7.70. The molecule has 174 valence electrons. The molecule has 4 aromatic rings. The van der Waals surface area contributed by atoms with Crippen LogP contribution in [-0.4, -0.2) is 27.8 Å². The number of aryl methyl sites for hydroxylation is 2. The highest BCUT2D eigenvalue weighted by atomic mass is 79.9. The van der Waals surface area contributed by atoms with Gasteiger partial charge in [0.1, 0.15) is 5.75 Å². The lowest BCUT2D eigenvalue weighted by Crippen LogP contribution is -2.24. The van der Waals surface area contributed by atoms with Gasteiger partial charge in [0.2, 0.25) is 0 Å². The quantitative estimate of drug-likeness (QED) is 0.285. The molecule has 1 heterocycles. The lowest BCUT2D eigenvalue weighted by atomic mass is 10.1. The number of ether oxygens (including phenoxy) is 1.